The van der Waals surface area contributed by atoms with E-state index in [2.05, 4.69) is 55.0 Å². The third kappa shape index (κ3) is 3.10. The van der Waals surface area contributed by atoms with Crippen LogP contribution in [0, 0.1) is 6.92 Å². The molecule has 0 aromatic heterocycles. The molecule has 0 aliphatic carbocycles. The highest BCUT2D eigenvalue weighted by atomic mass is 32.2. The summed E-state index contributed by atoms with van der Waals surface area (Å²) in [5, 5.41) is 2.50. The third-order valence-corrected chi connectivity index (χ3v) is 5.16. The molecule has 0 radical (unpaired) electrons. The van der Waals surface area contributed by atoms with Crippen LogP contribution >= 0.6 is 0 Å². The second-order valence-electron chi connectivity index (χ2n) is 6.24. The largest absolute Gasteiger partial charge is 0.242 e. The topological polar surface area (TPSA) is 29.1 Å². The van der Waals surface area contributed by atoms with E-state index >= 15 is 0 Å². The van der Waals surface area contributed by atoms with Crippen LogP contribution in [0.25, 0.3) is 10.8 Å². The van der Waals surface area contributed by atoms with Crippen LogP contribution in [0.3, 0.4) is 0 Å². The molecule has 2 rings (SSSR count). The molecule has 2 aromatic carbocycles. The van der Waals surface area contributed by atoms with E-state index in [-0.39, 0.29) is 10.8 Å². The van der Waals surface area contributed by atoms with Gasteiger partial charge in [0, 0.05) is 6.04 Å². The Labute approximate surface area is 124 Å². The summed E-state index contributed by atoms with van der Waals surface area (Å²) in [4.78, 5) is 0. The molecule has 108 valence electrons. The molecule has 0 amide bonds. The fourth-order valence-electron chi connectivity index (χ4n) is 2.25. The van der Waals surface area contributed by atoms with Gasteiger partial charge in [0.1, 0.15) is 0 Å². The summed E-state index contributed by atoms with van der Waals surface area (Å²) in [6.45, 7) is 10.1. The smallest absolute Gasteiger partial charge is 0.0975 e. The molecular weight excluding hydrogens is 266 g/mol. The van der Waals surface area contributed by atoms with Gasteiger partial charge in [0.05, 0.1) is 15.7 Å². The van der Waals surface area contributed by atoms with Crippen LogP contribution in [0.4, 0.5) is 0 Å². The number of rotatable bonds is 3. The Bertz CT molecular complexity index is 643. The minimum absolute atomic E-state index is 0.0561. The molecule has 0 heterocycles. The second-order valence-corrected chi connectivity index (χ2v) is 8.24. The lowest BCUT2D eigenvalue weighted by Crippen LogP contribution is -2.34. The van der Waals surface area contributed by atoms with Crippen molar-refractivity contribution in [1.82, 2.24) is 4.72 Å². The zero-order valence-corrected chi connectivity index (χ0v) is 13.7. The van der Waals surface area contributed by atoms with E-state index in [4.69, 9.17) is 0 Å². The van der Waals surface area contributed by atoms with Crippen molar-refractivity contribution in [1.29, 1.82) is 0 Å². The average Bonchev–Trinajstić information content (AvgIpc) is 2.38. The number of nitrogens with one attached hydrogen (secondary N) is 1. The maximum Gasteiger partial charge on any atom is 0.0975 e. The molecule has 2 atom stereocenters. The van der Waals surface area contributed by atoms with Crippen molar-refractivity contribution in [3.8, 4) is 0 Å². The van der Waals surface area contributed by atoms with Gasteiger partial charge in [-0.2, -0.15) is 0 Å². The van der Waals surface area contributed by atoms with Gasteiger partial charge in [-0.15, -0.1) is 0 Å². The van der Waals surface area contributed by atoms with E-state index in [1.165, 1.54) is 21.9 Å². The first-order valence-corrected chi connectivity index (χ1v) is 8.12. The Balaban J connectivity index is 2.38. The van der Waals surface area contributed by atoms with Crippen molar-refractivity contribution in [2.24, 2.45) is 0 Å². The van der Waals surface area contributed by atoms with Crippen LogP contribution in [-0.2, 0) is 11.0 Å². The molecule has 0 spiro atoms. The third-order valence-electron chi connectivity index (χ3n) is 3.48. The van der Waals surface area contributed by atoms with Crippen molar-refractivity contribution in [2.45, 2.75) is 45.4 Å². The standard InChI is InChI=1S/C17H23NOS/c1-12-10-11-15(16-9-7-6-8-14(12)16)13(2)18-20(19)17(3,4)5/h6-11,13,18H,1-5H3. The second kappa shape index (κ2) is 5.66. The van der Waals surface area contributed by atoms with Gasteiger partial charge in [-0.3, -0.25) is 0 Å². The molecule has 3 heteroatoms. The average molecular weight is 289 g/mol. The predicted molar refractivity (Wildman–Crippen MR) is 88.1 cm³/mol. The van der Waals surface area contributed by atoms with Crippen molar-refractivity contribution >= 4 is 21.8 Å². The first kappa shape index (κ1) is 15.2. The van der Waals surface area contributed by atoms with Crippen molar-refractivity contribution in [2.75, 3.05) is 0 Å². The van der Waals surface area contributed by atoms with Gasteiger partial charge in [0.25, 0.3) is 0 Å². The van der Waals surface area contributed by atoms with Gasteiger partial charge in [0.2, 0.25) is 0 Å². The van der Waals surface area contributed by atoms with Crippen LogP contribution in [0.15, 0.2) is 36.4 Å². The molecule has 0 saturated heterocycles. The highest BCUT2D eigenvalue weighted by molar-refractivity contribution is 7.84. The molecule has 2 unspecified atom stereocenters. The van der Waals surface area contributed by atoms with Gasteiger partial charge in [-0.05, 0) is 56.5 Å². The van der Waals surface area contributed by atoms with E-state index < -0.39 is 11.0 Å². The lowest BCUT2D eigenvalue weighted by atomic mass is 9.97. The first-order valence-electron chi connectivity index (χ1n) is 6.97. The molecular formula is C17H23NOS. The van der Waals surface area contributed by atoms with Gasteiger partial charge >= 0.3 is 0 Å². The minimum Gasteiger partial charge on any atom is -0.242 e. The van der Waals surface area contributed by atoms with Crippen molar-refractivity contribution in [3.05, 3.63) is 47.5 Å². The van der Waals surface area contributed by atoms with Crippen molar-refractivity contribution < 1.29 is 4.21 Å². The Kier molecular flexibility index (Phi) is 4.31. The van der Waals surface area contributed by atoms with Crippen LogP contribution in [0.1, 0.15) is 44.9 Å². The Morgan fingerprint density at radius 3 is 2.25 bits per heavy atom. The van der Waals surface area contributed by atoms with Crippen LogP contribution < -0.4 is 4.72 Å². The summed E-state index contributed by atoms with van der Waals surface area (Å²) in [5.41, 5.74) is 2.47. The molecule has 0 aliphatic heterocycles. The van der Waals surface area contributed by atoms with Gasteiger partial charge in [-0.1, -0.05) is 36.4 Å². The van der Waals surface area contributed by atoms with E-state index in [0.717, 1.165) is 0 Å². The van der Waals surface area contributed by atoms with E-state index in [1.807, 2.05) is 20.8 Å². The number of hydrogen-bond acceptors (Lipinski definition) is 1. The Hall–Kier alpha value is -1.19. The number of hydrogen-bond donors (Lipinski definition) is 1. The summed E-state index contributed by atoms with van der Waals surface area (Å²) >= 11 is 0. The Morgan fingerprint density at radius 1 is 1.05 bits per heavy atom. The lowest BCUT2D eigenvalue weighted by molar-refractivity contribution is 0.617. The summed E-state index contributed by atoms with van der Waals surface area (Å²) in [5.74, 6) is 0. The highest BCUT2D eigenvalue weighted by Gasteiger charge is 2.22. The molecule has 20 heavy (non-hydrogen) atoms. The van der Waals surface area contributed by atoms with E-state index in [0.29, 0.717) is 0 Å². The predicted octanol–water partition coefficient (Wildman–Crippen LogP) is 4.26. The van der Waals surface area contributed by atoms with Crippen molar-refractivity contribution in [3.63, 3.8) is 0 Å². The maximum absolute atomic E-state index is 12.3. The lowest BCUT2D eigenvalue weighted by Gasteiger charge is -2.23. The summed E-state index contributed by atoms with van der Waals surface area (Å²) in [6, 6.07) is 12.7. The molecule has 0 aliphatic rings. The maximum atomic E-state index is 12.3. The van der Waals surface area contributed by atoms with E-state index in [1.54, 1.807) is 0 Å². The quantitative estimate of drug-likeness (QED) is 0.898. The number of fused-ring (bicyclic) bond motifs is 1. The molecule has 0 bridgehead atoms. The van der Waals surface area contributed by atoms with Crippen LogP contribution in [-0.4, -0.2) is 8.96 Å². The molecule has 2 nitrogen and oxygen atoms in total. The minimum atomic E-state index is -1.07. The Morgan fingerprint density at radius 2 is 1.65 bits per heavy atom. The molecule has 0 saturated carbocycles. The zero-order valence-electron chi connectivity index (χ0n) is 12.9. The molecule has 0 fully saturated rings. The monoisotopic (exact) mass is 289 g/mol. The van der Waals surface area contributed by atoms with Gasteiger partial charge in [0.15, 0.2) is 0 Å². The molecule has 2 aromatic rings. The van der Waals surface area contributed by atoms with Crippen LogP contribution in [0.5, 0.6) is 0 Å². The summed E-state index contributed by atoms with van der Waals surface area (Å²) < 4.78 is 15.2. The highest BCUT2D eigenvalue weighted by Crippen LogP contribution is 2.27. The number of aryl methyl sites for hydroxylation is 1. The SMILES string of the molecule is Cc1ccc(C(C)NS(=O)C(C)(C)C)c2ccccc12. The van der Waals surface area contributed by atoms with Crippen LogP contribution in [0.2, 0.25) is 0 Å². The zero-order chi connectivity index (χ0) is 14.9. The fraction of sp³-hybridized carbons (Fsp3) is 0.412. The van der Waals surface area contributed by atoms with Gasteiger partial charge in [-0.25, -0.2) is 8.93 Å². The number of benzene rings is 2. The normalized spacial score (nSPS) is 15.2. The fourth-order valence-corrected chi connectivity index (χ4v) is 3.05. The summed E-state index contributed by atoms with van der Waals surface area (Å²) in [7, 11) is -1.07. The first-order chi connectivity index (χ1) is 9.30. The summed E-state index contributed by atoms with van der Waals surface area (Å²) in [6.07, 6.45) is 0. The van der Waals surface area contributed by atoms with E-state index in [9.17, 15) is 4.21 Å². The van der Waals surface area contributed by atoms with Gasteiger partial charge < -0.3 is 0 Å². The molecule has 1 N–H and O–H groups in total.